The zero-order valence-electron chi connectivity index (χ0n) is 15.4. The van der Waals surface area contributed by atoms with Crippen molar-refractivity contribution < 1.29 is 8.42 Å². The van der Waals surface area contributed by atoms with Crippen LogP contribution in [0, 0.1) is 6.92 Å². The number of nitrogens with zero attached hydrogens (tertiary/aromatic N) is 4. The first-order valence-electron chi connectivity index (χ1n) is 8.99. The number of benzene rings is 1. The molecule has 7 heteroatoms. The maximum absolute atomic E-state index is 12.8. The number of sulfonamides is 1. The highest BCUT2D eigenvalue weighted by molar-refractivity contribution is 7.89. The van der Waals surface area contributed by atoms with E-state index >= 15 is 0 Å². The number of anilines is 1. The van der Waals surface area contributed by atoms with Gasteiger partial charge in [-0.3, -0.25) is 0 Å². The van der Waals surface area contributed by atoms with E-state index in [1.54, 1.807) is 16.7 Å². The summed E-state index contributed by atoms with van der Waals surface area (Å²) in [5.74, 6) is 0.790. The second kappa shape index (κ2) is 8.14. The van der Waals surface area contributed by atoms with Gasteiger partial charge < -0.3 is 4.90 Å². The lowest BCUT2D eigenvalue weighted by Crippen LogP contribution is -2.49. The monoisotopic (exact) mass is 374 g/mol. The third-order valence-electron chi connectivity index (χ3n) is 4.87. The van der Waals surface area contributed by atoms with Gasteiger partial charge in [-0.1, -0.05) is 30.3 Å². The molecule has 0 saturated carbocycles. The van der Waals surface area contributed by atoms with Crippen molar-refractivity contribution in [1.82, 2.24) is 14.3 Å². The maximum Gasteiger partial charge on any atom is 0.225 e. The molecule has 26 heavy (non-hydrogen) atoms. The lowest BCUT2D eigenvalue weighted by atomic mass is 10.1. The van der Waals surface area contributed by atoms with Gasteiger partial charge in [0.15, 0.2) is 0 Å². The molecule has 1 fully saturated rings. The first-order valence-corrected chi connectivity index (χ1v) is 10.6. The van der Waals surface area contributed by atoms with Crippen LogP contribution in [-0.2, 0) is 16.4 Å². The summed E-state index contributed by atoms with van der Waals surface area (Å²) < 4.78 is 27.2. The van der Waals surface area contributed by atoms with Gasteiger partial charge in [-0.25, -0.2) is 18.4 Å². The Balaban J connectivity index is 1.64. The molecule has 0 N–H and O–H groups in total. The van der Waals surface area contributed by atoms with Crippen LogP contribution in [0.1, 0.15) is 24.0 Å². The number of hydrogen-bond donors (Lipinski definition) is 0. The number of likely N-dealkylation sites (N-methyl/N-ethyl adjacent to an activating group) is 1. The van der Waals surface area contributed by atoms with E-state index in [9.17, 15) is 8.42 Å². The Kier molecular flexibility index (Phi) is 5.88. The van der Waals surface area contributed by atoms with Crippen LogP contribution in [0.2, 0.25) is 0 Å². The molecule has 1 aromatic heterocycles. The molecule has 2 aromatic rings. The number of piperidine rings is 1. The Hall–Kier alpha value is -1.99. The van der Waals surface area contributed by atoms with E-state index in [0.29, 0.717) is 25.5 Å². The first-order chi connectivity index (χ1) is 12.5. The molecule has 0 radical (unpaired) electrons. The molecule has 0 bridgehead atoms. The van der Waals surface area contributed by atoms with Gasteiger partial charge in [-0.05, 0) is 37.3 Å². The highest BCUT2D eigenvalue weighted by Crippen LogP contribution is 2.21. The first kappa shape index (κ1) is 18.8. The summed E-state index contributed by atoms with van der Waals surface area (Å²) in [5.41, 5.74) is 2.06. The average Bonchev–Trinajstić information content (AvgIpc) is 2.67. The largest absolute Gasteiger partial charge is 0.340 e. The molecule has 1 atom stereocenters. The summed E-state index contributed by atoms with van der Waals surface area (Å²) in [5, 5.41) is 0. The van der Waals surface area contributed by atoms with Crippen molar-refractivity contribution in [2.24, 2.45) is 0 Å². The second-order valence-corrected chi connectivity index (χ2v) is 8.97. The molecule has 140 valence electrons. The highest BCUT2D eigenvalue weighted by Gasteiger charge is 2.31. The predicted octanol–water partition coefficient (Wildman–Crippen LogP) is 2.26. The van der Waals surface area contributed by atoms with Crippen LogP contribution in [0.15, 0.2) is 42.7 Å². The second-order valence-electron chi connectivity index (χ2n) is 6.88. The Morgan fingerprint density at radius 1 is 1.19 bits per heavy atom. The zero-order valence-corrected chi connectivity index (χ0v) is 16.2. The number of aromatic nitrogens is 2. The third-order valence-corrected chi connectivity index (χ3v) is 6.71. The fraction of sp³-hybridized carbons (Fsp3) is 0.474. The topological polar surface area (TPSA) is 66.4 Å². The van der Waals surface area contributed by atoms with Crippen LogP contribution in [0.3, 0.4) is 0 Å². The van der Waals surface area contributed by atoms with Gasteiger partial charge in [-0.2, -0.15) is 4.31 Å². The van der Waals surface area contributed by atoms with Crippen molar-refractivity contribution >= 4 is 16.0 Å². The Morgan fingerprint density at radius 3 is 2.58 bits per heavy atom. The molecule has 1 saturated heterocycles. The van der Waals surface area contributed by atoms with Crippen LogP contribution in [-0.4, -0.2) is 54.6 Å². The molecule has 6 nitrogen and oxygen atoms in total. The summed E-state index contributed by atoms with van der Waals surface area (Å²) in [7, 11) is -1.33. The summed E-state index contributed by atoms with van der Waals surface area (Å²) in [4.78, 5) is 10.7. The Bertz CT molecular complexity index is 809. The molecule has 1 unspecified atom stereocenters. The average molecular weight is 375 g/mol. The standard InChI is InChI=1S/C19H26N4O2S/c1-16-13-20-19(21-14-16)22(2)18-9-6-11-23(15-18)26(24,25)12-10-17-7-4-3-5-8-17/h3-5,7-8,13-14,18H,6,9-12,15H2,1-2H3. The molecular formula is C19H26N4O2S. The van der Waals surface area contributed by atoms with Crippen molar-refractivity contribution in [2.45, 2.75) is 32.2 Å². The molecule has 1 aliphatic rings. The van der Waals surface area contributed by atoms with Gasteiger partial charge in [0.25, 0.3) is 0 Å². The maximum atomic E-state index is 12.8. The van der Waals surface area contributed by atoms with Crippen LogP contribution in [0.4, 0.5) is 5.95 Å². The van der Waals surface area contributed by atoms with E-state index in [0.717, 1.165) is 24.0 Å². The van der Waals surface area contributed by atoms with Crippen molar-refractivity contribution in [2.75, 3.05) is 30.8 Å². The number of rotatable bonds is 6. The molecule has 0 spiro atoms. The molecule has 0 aliphatic carbocycles. The fourth-order valence-electron chi connectivity index (χ4n) is 3.24. The Labute approximate surface area is 155 Å². The van der Waals surface area contributed by atoms with Crippen LogP contribution in [0.25, 0.3) is 0 Å². The smallest absolute Gasteiger partial charge is 0.225 e. The zero-order chi connectivity index (χ0) is 18.6. The minimum absolute atomic E-state index is 0.0953. The van der Waals surface area contributed by atoms with E-state index in [4.69, 9.17) is 0 Å². The van der Waals surface area contributed by atoms with Crippen molar-refractivity contribution in [1.29, 1.82) is 0 Å². The van der Waals surface area contributed by atoms with Crippen molar-refractivity contribution in [3.8, 4) is 0 Å². The summed E-state index contributed by atoms with van der Waals surface area (Å²) in [6, 6.07) is 9.85. The van der Waals surface area contributed by atoms with Crippen molar-refractivity contribution in [3.63, 3.8) is 0 Å². The van der Waals surface area contributed by atoms with E-state index < -0.39 is 10.0 Å². The van der Waals surface area contributed by atoms with Gasteiger partial charge in [-0.15, -0.1) is 0 Å². The van der Waals surface area contributed by atoms with Crippen LogP contribution < -0.4 is 4.90 Å². The SMILES string of the molecule is Cc1cnc(N(C)C2CCCN(S(=O)(=O)CCc3ccccc3)C2)nc1. The van der Waals surface area contributed by atoms with E-state index in [1.165, 1.54) is 0 Å². The van der Waals surface area contributed by atoms with Crippen LogP contribution >= 0.6 is 0 Å². The summed E-state index contributed by atoms with van der Waals surface area (Å²) >= 11 is 0. The number of aryl methyl sites for hydroxylation is 2. The molecule has 1 aromatic carbocycles. The molecular weight excluding hydrogens is 348 g/mol. The highest BCUT2D eigenvalue weighted by atomic mass is 32.2. The summed E-state index contributed by atoms with van der Waals surface area (Å²) in [6.07, 6.45) is 5.91. The van der Waals surface area contributed by atoms with Gasteiger partial charge in [0, 0.05) is 38.6 Å². The lowest BCUT2D eigenvalue weighted by Gasteiger charge is -2.37. The van der Waals surface area contributed by atoms with Gasteiger partial charge in [0.05, 0.1) is 5.75 Å². The van der Waals surface area contributed by atoms with Crippen LogP contribution in [0.5, 0.6) is 0 Å². The van der Waals surface area contributed by atoms with Gasteiger partial charge >= 0.3 is 0 Å². The summed E-state index contributed by atoms with van der Waals surface area (Å²) in [6.45, 7) is 3.03. The lowest BCUT2D eigenvalue weighted by molar-refractivity contribution is 0.309. The normalized spacial score (nSPS) is 18.6. The minimum Gasteiger partial charge on any atom is -0.340 e. The predicted molar refractivity (Wildman–Crippen MR) is 104 cm³/mol. The number of hydrogen-bond acceptors (Lipinski definition) is 5. The molecule has 0 amide bonds. The fourth-order valence-corrected chi connectivity index (χ4v) is 4.80. The van der Waals surface area contributed by atoms with Crippen molar-refractivity contribution in [3.05, 3.63) is 53.9 Å². The molecule has 3 rings (SSSR count). The van der Waals surface area contributed by atoms with Gasteiger partial charge in [0.1, 0.15) is 0 Å². The molecule has 1 aliphatic heterocycles. The van der Waals surface area contributed by atoms with E-state index in [2.05, 4.69) is 9.97 Å². The minimum atomic E-state index is -3.27. The third kappa shape index (κ3) is 4.59. The van der Waals surface area contributed by atoms with E-state index in [1.807, 2.05) is 49.2 Å². The van der Waals surface area contributed by atoms with E-state index in [-0.39, 0.29) is 11.8 Å². The Morgan fingerprint density at radius 2 is 1.88 bits per heavy atom. The quantitative estimate of drug-likeness (QED) is 0.776. The molecule has 2 heterocycles. The van der Waals surface area contributed by atoms with Gasteiger partial charge in [0.2, 0.25) is 16.0 Å².